The average molecular weight is 381 g/mol. The van der Waals surface area contributed by atoms with Crippen molar-refractivity contribution < 1.29 is 0 Å². The number of nitrogens with one attached hydrogen (secondary N) is 1. The van der Waals surface area contributed by atoms with Crippen molar-refractivity contribution in [1.29, 1.82) is 0 Å². The van der Waals surface area contributed by atoms with Crippen LogP contribution in [0.5, 0.6) is 0 Å². The molecule has 28 heavy (non-hydrogen) atoms. The quantitative estimate of drug-likeness (QED) is 0.351. The first-order chi connectivity index (χ1) is 13.8. The Morgan fingerprint density at radius 2 is 1.39 bits per heavy atom. The van der Waals surface area contributed by atoms with E-state index in [0.717, 1.165) is 33.9 Å². The lowest BCUT2D eigenvalue weighted by Gasteiger charge is -2.07. The van der Waals surface area contributed by atoms with E-state index in [2.05, 4.69) is 59.6 Å². The summed E-state index contributed by atoms with van der Waals surface area (Å²) < 4.78 is 0. The molecule has 4 aromatic carbocycles. The number of H-pyrrole nitrogens is 1. The van der Waals surface area contributed by atoms with E-state index >= 15 is 0 Å². The fourth-order valence-electron chi connectivity index (χ4n) is 3.59. The summed E-state index contributed by atoms with van der Waals surface area (Å²) in [5.41, 5.74) is 5.13. The standard InChI is InChI=1S/C25H17ClN2/c26-20-13-6-12-19(16-20)25-27-23(18-9-2-1-3-10-18)24(28-25)22-15-7-11-17-8-4-5-14-21(17)22/h1-16H,(H,27,28). The van der Waals surface area contributed by atoms with Crippen LogP contribution in [0.15, 0.2) is 97.1 Å². The van der Waals surface area contributed by atoms with Gasteiger partial charge in [0, 0.05) is 21.7 Å². The maximum Gasteiger partial charge on any atom is 0.138 e. The zero-order valence-electron chi connectivity index (χ0n) is 15.1. The first kappa shape index (κ1) is 16.8. The monoisotopic (exact) mass is 380 g/mol. The number of imidazole rings is 1. The van der Waals surface area contributed by atoms with Gasteiger partial charge in [-0.05, 0) is 22.9 Å². The van der Waals surface area contributed by atoms with Gasteiger partial charge >= 0.3 is 0 Å². The Kier molecular flexibility index (Phi) is 4.19. The summed E-state index contributed by atoms with van der Waals surface area (Å²) in [5, 5.41) is 3.10. The lowest BCUT2D eigenvalue weighted by molar-refractivity contribution is 1.31. The van der Waals surface area contributed by atoms with Gasteiger partial charge in [-0.15, -0.1) is 0 Å². The molecule has 2 nitrogen and oxygen atoms in total. The third-order valence-corrected chi connectivity index (χ3v) is 5.14. The lowest BCUT2D eigenvalue weighted by Crippen LogP contribution is -1.85. The second-order valence-electron chi connectivity index (χ2n) is 6.71. The lowest BCUT2D eigenvalue weighted by atomic mass is 9.99. The van der Waals surface area contributed by atoms with Crippen LogP contribution in [0.4, 0.5) is 0 Å². The van der Waals surface area contributed by atoms with Gasteiger partial charge in [0.15, 0.2) is 0 Å². The van der Waals surface area contributed by atoms with Crippen LogP contribution in [0.1, 0.15) is 0 Å². The molecule has 5 rings (SSSR count). The normalized spacial score (nSPS) is 11.0. The molecule has 0 spiro atoms. The summed E-state index contributed by atoms with van der Waals surface area (Å²) in [6.45, 7) is 0. The molecule has 0 atom stereocenters. The maximum absolute atomic E-state index is 6.21. The van der Waals surface area contributed by atoms with Crippen molar-refractivity contribution in [3.05, 3.63) is 102 Å². The van der Waals surface area contributed by atoms with E-state index < -0.39 is 0 Å². The highest BCUT2D eigenvalue weighted by atomic mass is 35.5. The van der Waals surface area contributed by atoms with Gasteiger partial charge in [-0.2, -0.15) is 0 Å². The van der Waals surface area contributed by atoms with Crippen molar-refractivity contribution in [2.45, 2.75) is 0 Å². The number of rotatable bonds is 3. The molecule has 1 aromatic heterocycles. The van der Waals surface area contributed by atoms with E-state index in [4.69, 9.17) is 16.6 Å². The number of benzene rings is 4. The van der Waals surface area contributed by atoms with Crippen molar-refractivity contribution in [2.24, 2.45) is 0 Å². The third kappa shape index (κ3) is 2.98. The van der Waals surface area contributed by atoms with E-state index in [1.807, 2.05) is 42.5 Å². The maximum atomic E-state index is 6.21. The summed E-state index contributed by atoms with van der Waals surface area (Å²) >= 11 is 6.21. The van der Waals surface area contributed by atoms with Crippen LogP contribution in [0, 0.1) is 0 Å². The Hall–Kier alpha value is -3.36. The Morgan fingerprint density at radius 1 is 0.679 bits per heavy atom. The highest BCUT2D eigenvalue weighted by Crippen LogP contribution is 2.36. The van der Waals surface area contributed by atoms with Crippen molar-refractivity contribution in [3.63, 3.8) is 0 Å². The van der Waals surface area contributed by atoms with Crippen molar-refractivity contribution in [2.75, 3.05) is 0 Å². The van der Waals surface area contributed by atoms with Crippen LogP contribution in [0.2, 0.25) is 5.02 Å². The number of aromatic nitrogens is 2. The summed E-state index contributed by atoms with van der Waals surface area (Å²) in [7, 11) is 0. The number of fused-ring (bicyclic) bond motifs is 1. The third-order valence-electron chi connectivity index (χ3n) is 4.91. The van der Waals surface area contributed by atoms with Crippen LogP contribution in [0.25, 0.3) is 44.7 Å². The average Bonchev–Trinajstić information content (AvgIpc) is 3.19. The molecule has 0 unspecified atom stereocenters. The first-order valence-corrected chi connectivity index (χ1v) is 9.57. The van der Waals surface area contributed by atoms with Crippen LogP contribution >= 0.6 is 11.6 Å². The van der Waals surface area contributed by atoms with Crippen molar-refractivity contribution in [1.82, 2.24) is 9.97 Å². The fourth-order valence-corrected chi connectivity index (χ4v) is 3.78. The zero-order chi connectivity index (χ0) is 18.9. The number of hydrogen-bond acceptors (Lipinski definition) is 1. The molecule has 0 saturated carbocycles. The number of hydrogen-bond donors (Lipinski definition) is 1. The van der Waals surface area contributed by atoms with Gasteiger partial charge in [-0.25, -0.2) is 4.98 Å². The van der Waals surface area contributed by atoms with Gasteiger partial charge in [0.05, 0.1) is 11.4 Å². The molecule has 1 heterocycles. The smallest absolute Gasteiger partial charge is 0.138 e. The summed E-state index contributed by atoms with van der Waals surface area (Å²) in [4.78, 5) is 8.52. The van der Waals surface area contributed by atoms with E-state index in [9.17, 15) is 0 Å². The molecule has 0 fully saturated rings. The van der Waals surface area contributed by atoms with Crippen LogP contribution in [0.3, 0.4) is 0 Å². The molecule has 0 bridgehead atoms. The summed E-state index contributed by atoms with van der Waals surface area (Å²) in [6.07, 6.45) is 0. The number of nitrogens with zero attached hydrogens (tertiary/aromatic N) is 1. The second kappa shape index (κ2) is 6.99. The van der Waals surface area contributed by atoms with Gasteiger partial charge in [0.1, 0.15) is 5.82 Å². The van der Waals surface area contributed by atoms with Gasteiger partial charge in [-0.1, -0.05) is 96.5 Å². The van der Waals surface area contributed by atoms with E-state index in [1.165, 1.54) is 10.8 Å². The molecule has 0 aliphatic carbocycles. The predicted octanol–water partition coefficient (Wildman–Crippen LogP) is 7.22. The minimum absolute atomic E-state index is 0.696. The number of aromatic amines is 1. The van der Waals surface area contributed by atoms with E-state index in [1.54, 1.807) is 0 Å². The molecular weight excluding hydrogens is 364 g/mol. The predicted molar refractivity (Wildman–Crippen MR) is 117 cm³/mol. The molecule has 134 valence electrons. The molecule has 0 aliphatic heterocycles. The van der Waals surface area contributed by atoms with Crippen LogP contribution < -0.4 is 0 Å². The Balaban J connectivity index is 1.79. The van der Waals surface area contributed by atoms with Crippen molar-refractivity contribution in [3.8, 4) is 33.9 Å². The molecule has 0 saturated heterocycles. The minimum Gasteiger partial charge on any atom is -0.337 e. The Bertz CT molecular complexity index is 1270. The van der Waals surface area contributed by atoms with Crippen LogP contribution in [-0.2, 0) is 0 Å². The van der Waals surface area contributed by atoms with Gasteiger partial charge in [0.2, 0.25) is 0 Å². The van der Waals surface area contributed by atoms with Crippen molar-refractivity contribution >= 4 is 22.4 Å². The molecule has 3 heteroatoms. The molecule has 0 radical (unpaired) electrons. The van der Waals surface area contributed by atoms with E-state index in [0.29, 0.717) is 5.02 Å². The zero-order valence-corrected chi connectivity index (χ0v) is 15.8. The summed E-state index contributed by atoms with van der Waals surface area (Å²) in [6, 6.07) is 32.8. The first-order valence-electron chi connectivity index (χ1n) is 9.19. The molecule has 0 aliphatic rings. The SMILES string of the molecule is Clc1cccc(-c2nc(-c3ccccc3)c(-c3cccc4ccccc34)[nH]2)c1. The second-order valence-corrected chi connectivity index (χ2v) is 7.15. The largest absolute Gasteiger partial charge is 0.337 e. The molecule has 0 amide bonds. The topological polar surface area (TPSA) is 28.7 Å². The Labute approximate surface area is 168 Å². The minimum atomic E-state index is 0.696. The summed E-state index contributed by atoms with van der Waals surface area (Å²) in [5.74, 6) is 0.810. The van der Waals surface area contributed by atoms with Crippen LogP contribution in [-0.4, -0.2) is 9.97 Å². The highest BCUT2D eigenvalue weighted by Gasteiger charge is 2.17. The fraction of sp³-hybridized carbons (Fsp3) is 0. The Morgan fingerprint density at radius 3 is 2.25 bits per heavy atom. The van der Waals surface area contributed by atoms with Gasteiger partial charge < -0.3 is 4.98 Å². The molecule has 1 N–H and O–H groups in total. The molecular formula is C25H17ClN2. The molecule has 5 aromatic rings. The van der Waals surface area contributed by atoms with Gasteiger partial charge in [-0.3, -0.25) is 0 Å². The van der Waals surface area contributed by atoms with Gasteiger partial charge in [0.25, 0.3) is 0 Å². The highest BCUT2D eigenvalue weighted by molar-refractivity contribution is 6.30. The van der Waals surface area contributed by atoms with E-state index in [-0.39, 0.29) is 0 Å². The number of halogens is 1.